The molecule has 0 saturated carbocycles. The Bertz CT molecular complexity index is 1030. The molecule has 1 saturated heterocycles. The molecule has 0 atom stereocenters. The molecule has 162 valence electrons. The van der Waals surface area contributed by atoms with Crippen LogP contribution in [0.4, 0.5) is 11.4 Å². The van der Waals surface area contributed by atoms with Crippen LogP contribution in [0.5, 0.6) is 5.75 Å². The van der Waals surface area contributed by atoms with Gasteiger partial charge >= 0.3 is 0 Å². The Morgan fingerprint density at radius 3 is 2.47 bits per heavy atom. The molecule has 30 heavy (non-hydrogen) atoms. The number of hydrogen-bond donors (Lipinski definition) is 1. The summed E-state index contributed by atoms with van der Waals surface area (Å²) in [7, 11) is -3.70. The minimum atomic E-state index is -3.70. The Balaban J connectivity index is 1.79. The number of rotatable bonds is 6. The first kappa shape index (κ1) is 22.4. The van der Waals surface area contributed by atoms with Crippen LogP contribution in [0, 0.1) is 6.92 Å². The fourth-order valence-electron chi connectivity index (χ4n) is 3.48. The maximum absolute atomic E-state index is 13.2. The molecule has 1 aliphatic rings. The van der Waals surface area contributed by atoms with Gasteiger partial charge in [-0.3, -0.25) is 4.79 Å². The first-order chi connectivity index (χ1) is 14.2. The van der Waals surface area contributed by atoms with Gasteiger partial charge < -0.3 is 15.0 Å². The second kappa shape index (κ2) is 9.24. The van der Waals surface area contributed by atoms with Crippen molar-refractivity contribution in [3.05, 3.63) is 47.0 Å². The summed E-state index contributed by atoms with van der Waals surface area (Å²) in [6, 6.07) is 10.3. The lowest BCUT2D eigenvalue weighted by Crippen LogP contribution is -2.48. The largest absolute Gasteiger partial charge is 0.492 e. The molecular weight excluding hydrogens is 426 g/mol. The lowest BCUT2D eigenvalue weighted by molar-refractivity contribution is -0.114. The molecule has 9 heteroatoms. The van der Waals surface area contributed by atoms with Crippen molar-refractivity contribution in [2.45, 2.75) is 25.7 Å². The van der Waals surface area contributed by atoms with Crippen molar-refractivity contribution in [1.82, 2.24) is 4.31 Å². The third-order valence-corrected chi connectivity index (χ3v) is 7.08. The topological polar surface area (TPSA) is 79.0 Å². The van der Waals surface area contributed by atoms with Gasteiger partial charge in [-0.2, -0.15) is 4.31 Å². The summed E-state index contributed by atoms with van der Waals surface area (Å²) in [6.07, 6.45) is 0. The van der Waals surface area contributed by atoms with Crippen LogP contribution < -0.4 is 15.0 Å². The van der Waals surface area contributed by atoms with Crippen LogP contribution in [0.2, 0.25) is 5.02 Å². The van der Waals surface area contributed by atoms with Gasteiger partial charge in [0.2, 0.25) is 15.9 Å². The third-order valence-electron chi connectivity index (χ3n) is 4.95. The molecule has 0 aliphatic carbocycles. The average molecular weight is 452 g/mol. The second-order valence-electron chi connectivity index (χ2n) is 7.09. The van der Waals surface area contributed by atoms with Crippen molar-refractivity contribution in [3.8, 4) is 5.75 Å². The summed E-state index contributed by atoms with van der Waals surface area (Å²) in [5.41, 5.74) is 2.47. The van der Waals surface area contributed by atoms with Crippen LogP contribution in [0.15, 0.2) is 41.3 Å². The van der Waals surface area contributed by atoms with Gasteiger partial charge in [0.1, 0.15) is 5.75 Å². The Hall–Kier alpha value is -2.29. The molecule has 2 aromatic carbocycles. The van der Waals surface area contributed by atoms with Crippen molar-refractivity contribution in [1.29, 1.82) is 0 Å². The molecule has 0 radical (unpaired) electrons. The van der Waals surface area contributed by atoms with E-state index in [2.05, 4.69) is 10.2 Å². The summed E-state index contributed by atoms with van der Waals surface area (Å²) in [5, 5.41) is 3.30. The standard InChI is InChI=1S/C21H26ClN3O4S/c1-4-29-21-8-7-18(14-19(21)23-16(3)26)30(27,28)25-11-9-24(10-12-25)20-13-17(22)6-5-15(20)2/h5-8,13-14H,4,9-12H2,1-3H3,(H,23,26). The van der Waals surface area contributed by atoms with Gasteiger partial charge in [0.15, 0.2) is 0 Å². The molecule has 0 spiro atoms. The predicted octanol–water partition coefficient (Wildman–Crippen LogP) is 3.52. The Morgan fingerprint density at radius 1 is 1.13 bits per heavy atom. The Kier molecular flexibility index (Phi) is 6.90. The summed E-state index contributed by atoms with van der Waals surface area (Å²) in [5.74, 6) is 0.143. The fourth-order valence-corrected chi connectivity index (χ4v) is 5.10. The smallest absolute Gasteiger partial charge is 0.243 e. The minimum Gasteiger partial charge on any atom is -0.492 e. The van der Waals surface area contributed by atoms with E-state index in [0.717, 1.165) is 11.3 Å². The van der Waals surface area contributed by atoms with E-state index in [1.165, 1.54) is 23.4 Å². The number of hydrogen-bond acceptors (Lipinski definition) is 5. The summed E-state index contributed by atoms with van der Waals surface area (Å²) < 4.78 is 33.3. The molecule has 1 fully saturated rings. The normalized spacial score (nSPS) is 15.1. The zero-order valence-corrected chi connectivity index (χ0v) is 18.9. The number of nitrogens with zero attached hydrogens (tertiary/aromatic N) is 2. The van der Waals surface area contributed by atoms with E-state index in [0.29, 0.717) is 49.2 Å². The number of anilines is 2. The summed E-state index contributed by atoms with van der Waals surface area (Å²) in [6.45, 7) is 7.46. The van der Waals surface area contributed by atoms with Crippen molar-refractivity contribution in [3.63, 3.8) is 0 Å². The van der Waals surface area contributed by atoms with Crippen LogP contribution >= 0.6 is 11.6 Å². The van der Waals surface area contributed by atoms with E-state index < -0.39 is 10.0 Å². The molecule has 1 amide bonds. The quantitative estimate of drug-likeness (QED) is 0.727. The van der Waals surface area contributed by atoms with Crippen molar-refractivity contribution >= 4 is 38.9 Å². The van der Waals surface area contributed by atoms with E-state index >= 15 is 0 Å². The summed E-state index contributed by atoms with van der Waals surface area (Å²) >= 11 is 6.13. The molecule has 0 bridgehead atoms. The van der Waals surface area contributed by atoms with Gasteiger partial charge in [-0.15, -0.1) is 0 Å². The van der Waals surface area contributed by atoms with E-state index in [1.807, 2.05) is 32.0 Å². The zero-order chi connectivity index (χ0) is 21.9. The number of benzene rings is 2. The maximum atomic E-state index is 13.2. The Labute approximate surface area is 182 Å². The van der Waals surface area contributed by atoms with Crippen molar-refractivity contribution < 1.29 is 17.9 Å². The molecule has 7 nitrogen and oxygen atoms in total. The van der Waals surface area contributed by atoms with Gasteiger partial charge in [0.05, 0.1) is 17.2 Å². The number of carbonyl (C=O) groups excluding carboxylic acids is 1. The number of aryl methyl sites for hydroxylation is 1. The lowest BCUT2D eigenvalue weighted by Gasteiger charge is -2.36. The summed E-state index contributed by atoms with van der Waals surface area (Å²) in [4.78, 5) is 13.8. The van der Waals surface area contributed by atoms with E-state index in [-0.39, 0.29) is 10.8 Å². The van der Waals surface area contributed by atoms with Crippen LogP contribution in [0.1, 0.15) is 19.4 Å². The van der Waals surface area contributed by atoms with E-state index in [4.69, 9.17) is 16.3 Å². The number of nitrogens with one attached hydrogen (secondary N) is 1. The number of halogens is 1. The Morgan fingerprint density at radius 2 is 1.83 bits per heavy atom. The van der Waals surface area contributed by atoms with Crippen LogP contribution in [0.25, 0.3) is 0 Å². The highest BCUT2D eigenvalue weighted by Crippen LogP contribution is 2.31. The molecule has 1 heterocycles. The minimum absolute atomic E-state index is 0.127. The average Bonchev–Trinajstić information content (AvgIpc) is 2.71. The van der Waals surface area contributed by atoms with Crippen LogP contribution in [0.3, 0.4) is 0 Å². The van der Waals surface area contributed by atoms with E-state index in [1.54, 1.807) is 6.07 Å². The van der Waals surface area contributed by atoms with Crippen molar-refractivity contribution in [2.75, 3.05) is 43.0 Å². The molecule has 1 aliphatic heterocycles. The van der Waals surface area contributed by atoms with Crippen LogP contribution in [-0.4, -0.2) is 51.4 Å². The second-order valence-corrected chi connectivity index (χ2v) is 9.47. The molecular formula is C21H26ClN3O4S. The fraction of sp³-hybridized carbons (Fsp3) is 0.381. The number of ether oxygens (including phenoxy) is 1. The highest BCUT2D eigenvalue weighted by Gasteiger charge is 2.29. The van der Waals surface area contributed by atoms with E-state index in [9.17, 15) is 13.2 Å². The molecule has 2 aromatic rings. The number of piperazine rings is 1. The first-order valence-electron chi connectivity index (χ1n) is 9.78. The van der Waals surface area contributed by atoms with Gasteiger partial charge in [-0.25, -0.2) is 8.42 Å². The van der Waals surface area contributed by atoms with Crippen LogP contribution in [-0.2, 0) is 14.8 Å². The van der Waals surface area contributed by atoms with Gasteiger partial charge in [-0.1, -0.05) is 17.7 Å². The third kappa shape index (κ3) is 4.88. The highest BCUT2D eigenvalue weighted by atomic mass is 35.5. The van der Waals surface area contributed by atoms with Crippen molar-refractivity contribution in [2.24, 2.45) is 0 Å². The monoisotopic (exact) mass is 451 g/mol. The maximum Gasteiger partial charge on any atom is 0.243 e. The number of sulfonamides is 1. The molecule has 1 N–H and O–H groups in total. The van der Waals surface area contributed by atoms with Gasteiger partial charge in [0, 0.05) is 43.8 Å². The zero-order valence-electron chi connectivity index (χ0n) is 17.3. The first-order valence-corrected chi connectivity index (χ1v) is 11.6. The number of carbonyl (C=O) groups is 1. The highest BCUT2D eigenvalue weighted by molar-refractivity contribution is 7.89. The molecule has 0 aromatic heterocycles. The SMILES string of the molecule is CCOc1ccc(S(=O)(=O)N2CCN(c3cc(Cl)ccc3C)CC2)cc1NC(C)=O. The lowest BCUT2D eigenvalue weighted by atomic mass is 10.1. The predicted molar refractivity (Wildman–Crippen MR) is 119 cm³/mol. The number of amides is 1. The van der Waals surface area contributed by atoms with Gasteiger partial charge in [0.25, 0.3) is 0 Å². The molecule has 0 unspecified atom stereocenters. The molecule has 3 rings (SSSR count). The van der Waals surface area contributed by atoms with Gasteiger partial charge in [-0.05, 0) is 49.7 Å².